The van der Waals surface area contributed by atoms with Crippen molar-refractivity contribution < 1.29 is 77.5 Å². The Bertz CT molecular complexity index is 3450. The molecule has 4 aliphatic rings. The number of amides is 7. The van der Waals surface area contributed by atoms with Gasteiger partial charge in [0.15, 0.2) is 17.3 Å². The van der Waals surface area contributed by atoms with Gasteiger partial charge in [0.05, 0.1) is 29.7 Å². The van der Waals surface area contributed by atoms with Gasteiger partial charge in [0.2, 0.25) is 41.4 Å². The Kier molecular flexibility index (Phi) is 24.6. The molecule has 0 aliphatic carbocycles. The molecular weight excluding hydrogens is 1240 g/mol. The van der Waals surface area contributed by atoms with Crippen LogP contribution in [-0.2, 0) is 71.2 Å². The number of aliphatic imine (C=N–C) groups is 1. The van der Waals surface area contributed by atoms with Crippen molar-refractivity contribution in [2.45, 2.75) is 126 Å². The number of nitrogens with one attached hydrogen (secondary N) is 8. The number of carboxylic acids is 1. The van der Waals surface area contributed by atoms with Gasteiger partial charge < -0.3 is 78.8 Å². The van der Waals surface area contributed by atoms with Gasteiger partial charge in [-0.15, -0.1) is 11.8 Å². The Morgan fingerprint density at radius 1 is 0.688 bits per heavy atom. The highest BCUT2D eigenvalue weighted by Gasteiger charge is 2.54. The molecule has 15 N–H and O–H groups in total. The number of hydrogen-bond acceptors (Lipinski definition) is 19. The van der Waals surface area contributed by atoms with Crippen molar-refractivity contribution in [2.75, 3.05) is 42.6 Å². The number of ether oxygens (including phenoxy) is 2. The van der Waals surface area contributed by atoms with E-state index in [-0.39, 0.29) is 97.2 Å². The third-order valence-corrected chi connectivity index (χ3v) is 18.1. The minimum Gasteiger partial charge on any atom is -0.508 e. The Morgan fingerprint density at radius 3 is 2.06 bits per heavy atom. The topological polar surface area (TPSA) is 428 Å². The zero-order chi connectivity index (χ0) is 66.8. The van der Waals surface area contributed by atoms with Gasteiger partial charge in [0.25, 0.3) is 0 Å². The van der Waals surface area contributed by atoms with Gasteiger partial charge in [-0.2, -0.15) is 11.8 Å². The molecule has 4 aliphatic heterocycles. The third kappa shape index (κ3) is 18.7. The van der Waals surface area contributed by atoms with Crippen molar-refractivity contribution in [3.05, 3.63) is 118 Å². The van der Waals surface area contributed by atoms with Crippen molar-refractivity contribution in [1.29, 1.82) is 0 Å². The molecule has 0 aromatic heterocycles. The average Bonchev–Trinajstić information content (AvgIpc) is 1.60. The lowest BCUT2D eigenvalue weighted by Crippen LogP contribution is -2.58. The predicted octanol–water partition coefficient (Wildman–Crippen LogP) is 1.55. The van der Waals surface area contributed by atoms with Gasteiger partial charge in [-0.1, -0.05) is 36.4 Å². The summed E-state index contributed by atoms with van der Waals surface area (Å²) in [6.07, 6.45) is -1.61. The Hall–Kier alpha value is -9.22. The Balaban J connectivity index is 1.05. The maximum Gasteiger partial charge on any atom is 0.340 e. The summed E-state index contributed by atoms with van der Waals surface area (Å²) < 4.78 is 12.3. The Morgan fingerprint density at radius 2 is 1.37 bits per heavy atom. The fourth-order valence-electron chi connectivity index (χ4n) is 11.3. The van der Waals surface area contributed by atoms with Crippen LogP contribution in [0.25, 0.3) is 0 Å². The minimum atomic E-state index is -1.50. The van der Waals surface area contributed by atoms with E-state index in [1.54, 1.807) is 61.5 Å². The van der Waals surface area contributed by atoms with Gasteiger partial charge in [0, 0.05) is 85.6 Å². The van der Waals surface area contributed by atoms with Crippen LogP contribution in [0.3, 0.4) is 0 Å². The molecule has 4 heterocycles. The number of aliphatic carboxylic acids is 1. The molecule has 4 aromatic rings. The predicted molar refractivity (Wildman–Crippen MR) is 343 cm³/mol. The fraction of sp³-hybridized carbons (Fsp3) is 0.438. The SMILES string of the molecule is CCNC(=O)[C@@H]1CSCC(=O)N[C@H](CCCCNCc2ccc3c(c2)C2(OC3=O)c3ccc(O)cc3Oc3cc(O)ccc32)C(=O)N[C@H]2CCSC[C@H](NC(=O)[C@@H](CC(=O)O)CC(=O)CCC(=O)[C@@H](CCCN=C(N)N)NC2=O)C(=O)N[C@H](Cc2ccccc2)C(=O)N1. The number of guanidine groups is 1. The molecule has 2 bridgehead atoms. The molecule has 496 valence electrons. The van der Waals surface area contributed by atoms with Gasteiger partial charge in [-0.25, -0.2) is 4.79 Å². The number of likely N-dealkylation sites (N-methyl/N-ethyl adjacent to an activating group) is 1. The first kappa shape index (κ1) is 69.7. The number of hydrogen-bond donors (Lipinski definition) is 13. The maximum absolute atomic E-state index is 14.7. The summed E-state index contributed by atoms with van der Waals surface area (Å²) in [5.74, 6) is -10.9. The number of fused-ring (bicyclic) bond motifs is 11. The molecule has 0 radical (unpaired) electrons. The summed E-state index contributed by atoms with van der Waals surface area (Å²) in [6, 6.07) is 14.8. The van der Waals surface area contributed by atoms with E-state index in [9.17, 15) is 68.1 Å². The molecule has 0 unspecified atom stereocenters. The summed E-state index contributed by atoms with van der Waals surface area (Å²) in [5.41, 5.74) is 12.7. The summed E-state index contributed by atoms with van der Waals surface area (Å²) in [5, 5.41) is 53.1. The lowest BCUT2D eigenvalue weighted by atomic mass is 9.77. The first-order valence-electron chi connectivity index (χ1n) is 30.6. The first-order valence-corrected chi connectivity index (χ1v) is 33.0. The van der Waals surface area contributed by atoms with Crippen LogP contribution in [0.1, 0.15) is 109 Å². The molecule has 93 heavy (non-hydrogen) atoms. The summed E-state index contributed by atoms with van der Waals surface area (Å²) in [7, 11) is 0. The van der Waals surface area contributed by atoms with Crippen LogP contribution in [0.5, 0.6) is 23.0 Å². The van der Waals surface area contributed by atoms with E-state index in [0.717, 1.165) is 29.1 Å². The summed E-state index contributed by atoms with van der Waals surface area (Å²) in [4.78, 5) is 157. The second-order valence-electron chi connectivity index (χ2n) is 22.9. The second kappa shape index (κ2) is 32.9. The monoisotopic (exact) mass is 1320 g/mol. The molecule has 4 aromatic carbocycles. The van der Waals surface area contributed by atoms with Crippen LogP contribution in [-0.4, -0.2) is 165 Å². The molecule has 2 saturated heterocycles. The van der Waals surface area contributed by atoms with Crippen LogP contribution in [0, 0.1) is 5.92 Å². The molecule has 27 nitrogen and oxygen atoms in total. The van der Waals surface area contributed by atoms with Gasteiger partial charge in [-0.05, 0) is 105 Å². The van der Waals surface area contributed by atoms with E-state index in [0.29, 0.717) is 53.7 Å². The van der Waals surface area contributed by atoms with E-state index < -0.39 is 138 Å². The van der Waals surface area contributed by atoms with Crippen molar-refractivity contribution in [1.82, 2.24) is 42.5 Å². The van der Waals surface area contributed by atoms with Crippen LogP contribution < -0.4 is 58.7 Å². The molecule has 29 heteroatoms. The number of ketones is 2. The third-order valence-electron chi connectivity index (χ3n) is 16.0. The number of rotatable bonds is 17. The number of phenolic OH excluding ortho intramolecular Hbond substituents is 2. The standard InChI is InChI=1S/C64H77N11O16S2/c1-2-68-57(84)49-33-93-34-54(80)70-46(11-6-7-22-67-31-36-13-17-41-44(25-36)64(91-62(41)89)42-18-14-39(77)29-52(42)90-53-30-40(78)15-19-43(53)64)58(85)72-47-21-24-92-32-50(61(88)73-48(60(87)75-49)26-35-9-4-3-5-10-35)74-56(83)37(28-55(81)82)27-38(76)16-20-51(79)45(71-59(47)86)12-8-23-69-63(65)66/h3-5,9-10,13-15,17-19,25,29-30,37,45-50,67,77-78H,2,6-8,11-12,16,20-24,26-28,31-34H2,1H3,(H,68,84)(H,70,80)(H,71,86)(H,72,85)(H,73,88)(H,74,83)(H,75,87)(H,81,82)(H4,65,66,69)/t37-,45-,46-,47+,48-,49+,50+/m1/s1. The van der Waals surface area contributed by atoms with Crippen molar-refractivity contribution in [3.63, 3.8) is 0 Å². The van der Waals surface area contributed by atoms with E-state index in [2.05, 4.69) is 47.5 Å². The van der Waals surface area contributed by atoms with Crippen LogP contribution >= 0.6 is 23.5 Å². The van der Waals surface area contributed by atoms with Crippen molar-refractivity contribution in [3.8, 4) is 23.0 Å². The lowest BCUT2D eigenvalue weighted by molar-refractivity contribution is -0.142. The molecule has 8 rings (SSSR count). The van der Waals surface area contributed by atoms with Crippen LogP contribution in [0.15, 0.2) is 89.9 Å². The highest BCUT2D eigenvalue weighted by Crippen LogP contribution is 2.57. The number of Topliss-reactive ketones (excluding diaryl/α,β-unsaturated/α-hetero) is 2. The lowest BCUT2D eigenvalue weighted by Gasteiger charge is -2.36. The molecular formula is C64H77N11O16S2. The number of esters is 1. The second-order valence-corrected chi connectivity index (χ2v) is 25.1. The number of aromatic hydroxyl groups is 2. The van der Waals surface area contributed by atoms with E-state index in [4.69, 9.17) is 20.9 Å². The zero-order valence-corrected chi connectivity index (χ0v) is 52.8. The summed E-state index contributed by atoms with van der Waals surface area (Å²) in [6.45, 7) is 2.59. The number of nitrogens with two attached hydrogens (primary N) is 2. The van der Waals surface area contributed by atoms with Gasteiger partial charge >= 0.3 is 11.9 Å². The number of phenols is 2. The number of carbonyl (C=O) groups is 11. The Labute approximate surface area is 544 Å². The maximum atomic E-state index is 14.7. The quantitative estimate of drug-likeness (QED) is 0.0309. The molecule has 1 spiro atoms. The van der Waals surface area contributed by atoms with Crippen molar-refractivity contribution >= 4 is 94.3 Å². The molecule has 7 amide bonds. The largest absolute Gasteiger partial charge is 0.508 e. The minimum absolute atomic E-state index is 0.00169. The number of carbonyl (C=O) groups excluding carboxylic acids is 10. The van der Waals surface area contributed by atoms with E-state index in [1.165, 1.54) is 24.3 Å². The number of carboxylic acid groups (broad SMARTS) is 1. The highest BCUT2D eigenvalue weighted by atomic mass is 32.2. The van der Waals surface area contributed by atoms with E-state index in [1.807, 2.05) is 6.07 Å². The van der Waals surface area contributed by atoms with Gasteiger partial charge in [0.1, 0.15) is 59.0 Å². The van der Waals surface area contributed by atoms with E-state index >= 15 is 0 Å². The normalized spacial score (nSPS) is 22.4. The smallest absolute Gasteiger partial charge is 0.340 e. The number of unbranched alkanes of at least 4 members (excludes halogenated alkanes) is 1. The number of thioether (sulfide) groups is 2. The van der Waals surface area contributed by atoms with Gasteiger partial charge in [-0.3, -0.25) is 52.9 Å². The first-order chi connectivity index (χ1) is 44.6. The van der Waals surface area contributed by atoms with Crippen LogP contribution in [0.2, 0.25) is 0 Å². The summed E-state index contributed by atoms with van der Waals surface area (Å²) >= 11 is 2.02. The molecule has 2 fully saturated rings. The van der Waals surface area contributed by atoms with Crippen molar-refractivity contribution in [2.24, 2.45) is 22.4 Å². The number of nitrogens with zero attached hydrogens (tertiary/aromatic N) is 1. The van der Waals surface area contributed by atoms with Crippen LogP contribution in [0.4, 0.5) is 0 Å². The molecule has 7 atom stereocenters. The zero-order valence-electron chi connectivity index (χ0n) is 51.1. The molecule has 0 saturated carbocycles. The number of benzene rings is 4. The average molecular weight is 1320 g/mol. The highest BCUT2D eigenvalue weighted by molar-refractivity contribution is 8.00. The fourth-order valence-corrected chi connectivity index (χ4v) is 13.2.